The number of rotatable bonds is 6. The van der Waals surface area contributed by atoms with Gasteiger partial charge in [-0.15, -0.1) is 0 Å². The SMILES string of the molecule is C=C(CCCC)C1=NC(N)C(=C)C2=C1CCC(=CC(=O)c1cocn1)C2. The fourth-order valence-electron chi connectivity index (χ4n) is 3.43. The number of dihydropyridines is 1. The second-order valence-electron chi connectivity index (χ2n) is 6.83. The Morgan fingerprint density at radius 2 is 2.23 bits per heavy atom. The maximum Gasteiger partial charge on any atom is 0.207 e. The summed E-state index contributed by atoms with van der Waals surface area (Å²) >= 11 is 0. The van der Waals surface area contributed by atoms with E-state index in [1.54, 1.807) is 6.08 Å². The number of nitrogens with zero attached hydrogens (tertiary/aromatic N) is 2. The maximum absolute atomic E-state index is 12.3. The van der Waals surface area contributed by atoms with Gasteiger partial charge in [-0.2, -0.15) is 0 Å². The highest BCUT2D eigenvalue weighted by molar-refractivity contribution is 6.14. The molecule has 5 heteroatoms. The van der Waals surface area contributed by atoms with Gasteiger partial charge >= 0.3 is 0 Å². The molecular weight excluding hydrogens is 326 g/mol. The molecule has 1 atom stereocenters. The molecule has 2 heterocycles. The van der Waals surface area contributed by atoms with Crippen molar-refractivity contribution in [2.75, 3.05) is 0 Å². The Balaban J connectivity index is 1.85. The lowest BCUT2D eigenvalue weighted by molar-refractivity contribution is 0.104. The van der Waals surface area contributed by atoms with Gasteiger partial charge < -0.3 is 10.2 Å². The summed E-state index contributed by atoms with van der Waals surface area (Å²) in [7, 11) is 0. The third-order valence-electron chi connectivity index (χ3n) is 4.95. The summed E-state index contributed by atoms with van der Waals surface area (Å²) in [6.45, 7) is 10.5. The predicted octanol–water partition coefficient (Wildman–Crippen LogP) is 4.31. The molecule has 0 radical (unpaired) electrons. The monoisotopic (exact) mass is 351 g/mol. The van der Waals surface area contributed by atoms with Gasteiger partial charge in [0.1, 0.15) is 18.1 Å². The number of carbonyl (C=O) groups is 1. The minimum Gasteiger partial charge on any atom is -0.451 e. The van der Waals surface area contributed by atoms with Crippen molar-refractivity contribution in [3.8, 4) is 0 Å². The molecule has 0 saturated heterocycles. The number of aromatic nitrogens is 1. The van der Waals surface area contributed by atoms with E-state index in [-0.39, 0.29) is 5.78 Å². The molecule has 26 heavy (non-hydrogen) atoms. The number of hydrogen-bond acceptors (Lipinski definition) is 5. The quantitative estimate of drug-likeness (QED) is 0.612. The van der Waals surface area contributed by atoms with Crippen LogP contribution in [0.5, 0.6) is 0 Å². The van der Waals surface area contributed by atoms with Crippen molar-refractivity contribution in [2.24, 2.45) is 10.7 Å². The Hall–Kier alpha value is -2.53. The van der Waals surface area contributed by atoms with Crippen molar-refractivity contribution in [1.82, 2.24) is 4.98 Å². The van der Waals surface area contributed by atoms with Gasteiger partial charge in [-0.3, -0.25) is 9.79 Å². The maximum atomic E-state index is 12.3. The third-order valence-corrected chi connectivity index (χ3v) is 4.95. The predicted molar refractivity (Wildman–Crippen MR) is 103 cm³/mol. The van der Waals surface area contributed by atoms with Crippen LogP contribution in [-0.4, -0.2) is 22.6 Å². The van der Waals surface area contributed by atoms with Crippen LogP contribution in [0.15, 0.2) is 69.2 Å². The van der Waals surface area contributed by atoms with Gasteiger partial charge in [0, 0.05) is 0 Å². The molecule has 3 rings (SSSR count). The van der Waals surface area contributed by atoms with Crippen molar-refractivity contribution < 1.29 is 9.21 Å². The molecule has 1 aliphatic carbocycles. The topological polar surface area (TPSA) is 81.5 Å². The first-order valence-corrected chi connectivity index (χ1v) is 9.06. The van der Waals surface area contributed by atoms with Gasteiger partial charge in [-0.05, 0) is 60.5 Å². The number of oxazole rings is 1. The van der Waals surface area contributed by atoms with Gasteiger partial charge in [-0.1, -0.05) is 32.1 Å². The second kappa shape index (κ2) is 7.79. The number of carbonyl (C=O) groups excluding carboxylic acids is 1. The van der Waals surface area contributed by atoms with Crippen LogP contribution in [0.3, 0.4) is 0 Å². The zero-order chi connectivity index (χ0) is 18.7. The summed E-state index contributed by atoms with van der Waals surface area (Å²) in [4.78, 5) is 20.8. The first kappa shape index (κ1) is 18.3. The average molecular weight is 351 g/mol. The lowest BCUT2D eigenvalue weighted by Crippen LogP contribution is -2.30. The van der Waals surface area contributed by atoms with Gasteiger partial charge in [0.25, 0.3) is 0 Å². The van der Waals surface area contributed by atoms with Gasteiger partial charge in [0.15, 0.2) is 6.39 Å². The van der Waals surface area contributed by atoms with E-state index in [0.29, 0.717) is 12.1 Å². The minimum atomic E-state index is -0.437. The molecule has 5 nitrogen and oxygen atoms in total. The van der Waals surface area contributed by atoms with Crippen molar-refractivity contribution in [1.29, 1.82) is 0 Å². The molecule has 2 N–H and O–H groups in total. The number of hydrogen-bond donors (Lipinski definition) is 1. The minimum absolute atomic E-state index is 0.134. The summed E-state index contributed by atoms with van der Waals surface area (Å²) in [5.74, 6) is -0.134. The van der Waals surface area contributed by atoms with Crippen molar-refractivity contribution in [2.45, 2.75) is 51.6 Å². The summed E-state index contributed by atoms with van der Waals surface area (Å²) in [5.41, 5.74) is 12.7. The molecular formula is C21H25N3O2. The number of unbranched alkanes of at least 4 members (excludes halogenated alkanes) is 1. The summed E-state index contributed by atoms with van der Waals surface area (Å²) < 4.78 is 4.89. The average Bonchev–Trinajstić information content (AvgIpc) is 3.17. The lowest BCUT2D eigenvalue weighted by Gasteiger charge is -2.31. The van der Waals surface area contributed by atoms with Crippen LogP contribution in [0.4, 0.5) is 0 Å². The van der Waals surface area contributed by atoms with Crippen LogP contribution in [-0.2, 0) is 0 Å². The standard InChI is InChI=1S/C21H25N3O2/c1-4-5-6-13(2)20-16-8-7-15(9-17(16)14(3)21(22)24-20)10-19(25)18-11-26-12-23-18/h10-12,21H,2-9,22H2,1H3. The molecule has 0 spiro atoms. The van der Waals surface area contributed by atoms with E-state index < -0.39 is 6.17 Å². The summed E-state index contributed by atoms with van der Waals surface area (Å²) in [6, 6.07) is 0. The van der Waals surface area contributed by atoms with E-state index in [9.17, 15) is 4.79 Å². The van der Waals surface area contributed by atoms with Gasteiger partial charge in [-0.25, -0.2) is 4.98 Å². The zero-order valence-electron chi connectivity index (χ0n) is 15.3. The van der Waals surface area contributed by atoms with Crippen molar-refractivity contribution in [3.63, 3.8) is 0 Å². The highest BCUT2D eigenvalue weighted by Gasteiger charge is 2.29. The molecule has 1 aliphatic heterocycles. The van der Waals surface area contributed by atoms with Crippen LogP contribution < -0.4 is 5.73 Å². The molecule has 2 aliphatic rings. The van der Waals surface area contributed by atoms with Crippen molar-refractivity contribution >= 4 is 11.5 Å². The molecule has 1 unspecified atom stereocenters. The normalized spacial score (nSPS) is 21.6. The number of allylic oxidation sites excluding steroid dienone is 4. The van der Waals surface area contributed by atoms with E-state index >= 15 is 0 Å². The van der Waals surface area contributed by atoms with Crippen LogP contribution in [0.1, 0.15) is 55.9 Å². The van der Waals surface area contributed by atoms with Crippen LogP contribution >= 0.6 is 0 Å². The lowest BCUT2D eigenvalue weighted by atomic mass is 9.78. The zero-order valence-corrected chi connectivity index (χ0v) is 15.3. The fraction of sp³-hybridized carbons (Fsp3) is 0.381. The second-order valence-corrected chi connectivity index (χ2v) is 6.83. The Morgan fingerprint density at radius 3 is 2.92 bits per heavy atom. The summed E-state index contributed by atoms with van der Waals surface area (Å²) in [5, 5.41) is 0. The van der Waals surface area contributed by atoms with E-state index in [2.05, 4.69) is 30.1 Å². The number of nitrogens with two attached hydrogens (primary N) is 1. The highest BCUT2D eigenvalue weighted by atomic mass is 16.3. The Morgan fingerprint density at radius 1 is 1.42 bits per heavy atom. The number of aliphatic imine (C=N–C) groups is 1. The molecule has 136 valence electrons. The van der Waals surface area contributed by atoms with E-state index in [1.807, 2.05) is 0 Å². The van der Waals surface area contributed by atoms with E-state index in [4.69, 9.17) is 10.2 Å². The van der Waals surface area contributed by atoms with Crippen LogP contribution in [0, 0.1) is 0 Å². The molecule has 0 amide bonds. The largest absolute Gasteiger partial charge is 0.451 e. The first-order chi connectivity index (χ1) is 12.5. The molecule has 1 aromatic heterocycles. The van der Waals surface area contributed by atoms with Crippen LogP contribution in [0.2, 0.25) is 0 Å². The first-order valence-electron chi connectivity index (χ1n) is 9.06. The molecule has 0 saturated carbocycles. The molecule has 0 bridgehead atoms. The fourth-order valence-corrected chi connectivity index (χ4v) is 3.43. The van der Waals surface area contributed by atoms with Crippen molar-refractivity contribution in [3.05, 3.63) is 65.5 Å². The van der Waals surface area contributed by atoms with Gasteiger partial charge in [0.2, 0.25) is 5.78 Å². The smallest absolute Gasteiger partial charge is 0.207 e. The highest BCUT2D eigenvalue weighted by Crippen LogP contribution is 2.39. The Bertz CT molecular complexity index is 825. The third kappa shape index (κ3) is 3.68. The van der Waals surface area contributed by atoms with E-state index in [1.165, 1.54) is 18.2 Å². The molecule has 0 aromatic carbocycles. The Labute approximate surface area is 154 Å². The summed E-state index contributed by atoms with van der Waals surface area (Å²) in [6.07, 6.45) is 9.30. The number of ketones is 1. The molecule has 0 fully saturated rings. The molecule has 1 aromatic rings. The van der Waals surface area contributed by atoms with Gasteiger partial charge in [0.05, 0.1) is 5.71 Å². The van der Waals surface area contributed by atoms with E-state index in [0.717, 1.165) is 60.1 Å². The Kier molecular flexibility index (Phi) is 5.47. The van der Waals surface area contributed by atoms with Crippen LogP contribution in [0.25, 0.3) is 0 Å².